The molecule has 16 nitrogen and oxygen atoms in total. The number of fused-ring (bicyclic) bond motifs is 1. The summed E-state index contributed by atoms with van der Waals surface area (Å²) in [5.41, 5.74) is 6.29. The molecule has 16 heteroatoms. The van der Waals surface area contributed by atoms with Crippen LogP contribution in [0.15, 0.2) is 47.8 Å². The van der Waals surface area contributed by atoms with E-state index in [4.69, 9.17) is 9.72 Å². The predicted octanol–water partition coefficient (Wildman–Crippen LogP) is 3.37. The van der Waals surface area contributed by atoms with E-state index in [-0.39, 0.29) is 36.6 Å². The highest BCUT2D eigenvalue weighted by Gasteiger charge is 2.43. The first-order valence-corrected chi connectivity index (χ1v) is 19.7. The van der Waals surface area contributed by atoms with E-state index in [9.17, 15) is 24.4 Å². The van der Waals surface area contributed by atoms with Gasteiger partial charge in [0.15, 0.2) is 0 Å². The fourth-order valence-corrected chi connectivity index (χ4v) is 7.98. The molecule has 0 radical (unpaired) electrons. The topological polar surface area (TPSA) is 191 Å². The maximum absolute atomic E-state index is 14.4. The second-order valence-corrected chi connectivity index (χ2v) is 15.6. The highest BCUT2D eigenvalue weighted by Crippen LogP contribution is 2.39. The van der Waals surface area contributed by atoms with Crippen LogP contribution in [0.5, 0.6) is 0 Å². The number of nitrogens with zero attached hydrogens (tertiary/aromatic N) is 9. The van der Waals surface area contributed by atoms with Gasteiger partial charge in [-0.3, -0.25) is 33.9 Å². The fraction of sp³-hybridized carbons (Fsp3) is 0.488. The number of nitriles is 1. The molecular weight excluding hydrogens is 727 g/mol. The number of hydrogen-bond acceptors (Lipinski definition) is 12. The molecule has 57 heavy (non-hydrogen) atoms. The molecule has 0 bridgehead atoms. The largest absolute Gasteiger partial charge is 0.379 e. The average molecular weight is 776 g/mol. The van der Waals surface area contributed by atoms with Crippen molar-refractivity contribution < 1.29 is 23.9 Å². The summed E-state index contributed by atoms with van der Waals surface area (Å²) in [5, 5.41) is 25.2. The van der Waals surface area contributed by atoms with E-state index >= 15 is 0 Å². The van der Waals surface area contributed by atoms with Gasteiger partial charge in [-0.15, -0.1) is 10.2 Å². The number of anilines is 2. The third-order valence-electron chi connectivity index (χ3n) is 11.2. The predicted molar refractivity (Wildman–Crippen MR) is 211 cm³/mol. The molecule has 1 aromatic carbocycles. The van der Waals surface area contributed by atoms with Crippen molar-refractivity contribution in [3.63, 3.8) is 0 Å². The molecule has 2 N–H and O–H groups in total. The molecule has 0 spiro atoms. The summed E-state index contributed by atoms with van der Waals surface area (Å²) in [7, 11) is 1.91. The highest BCUT2D eigenvalue weighted by atomic mass is 16.5. The second-order valence-electron chi connectivity index (χ2n) is 15.6. The molecule has 2 aromatic heterocycles. The molecule has 0 aliphatic carbocycles. The number of piperidine rings is 1. The summed E-state index contributed by atoms with van der Waals surface area (Å²) in [6.07, 6.45) is 11.2. The van der Waals surface area contributed by atoms with Crippen LogP contribution in [-0.4, -0.2) is 98.8 Å². The van der Waals surface area contributed by atoms with Gasteiger partial charge in [0, 0.05) is 74.8 Å². The molecule has 2 saturated heterocycles. The quantitative estimate of drug-likeness (QED) is 0.0885. The lowest BCUT2D eigenvalue weighted by Gasteiger charge is -2.42. The van der Waals surface area contributed by atoms with E-state index in [1.807, 2.05) is 29.8 Å². The van der Waals surface area contributed by atoms with Crippen LogP contribution >= 0.6 is 0 Å². The molecule has 6 heterocycles. The summed E-state index contributed by atoms with van der Waals surface area (Å²) in [6, 6.07) is 10.1. The summed E-state index contributed by atoms with van der Waals surface area (Å²) < 4.78 is 7.67. The maximum Gasteiger partial charge on any atom is 0.260 e. The van der Waals surface area contributed by atoms with Crippen LogP contribution in [0.1, 0.15) is 90.3 Å². The number of likely N-dealkylation sites (tertiary alicyclic amines) is 1. The number of carbonyl (C=O) groups is 4. The summed E-state index contributed by atoms with van der Waals surface area (Å²) in [4.78, 5) is 60.9. The molecule has 4 aliphatic heterocycles. The lowest BCUT2D eigenvalue weighted by atomic mass is 9.75. The molecule has 7 rings (SSSR count). The Morgan fingerprint density at radius 1 is 1.12 bits per heavy atom. The van der Waals surface area contributed by atoms with Crippen molar-refractivity contribution in [3.8, 4) is 6.07 Å². The first kappa shape index (κ1) is 39.4. The number of unbranched alkanes of at least 4 members (excludes halogenated alkanes) is 2. The number of aromatic nitrogens is 4. The van der Waals surface area contributed by atoms with Crippen LogP contribution in [0.2, 0.25) is 0 Å². The lowest BCUT2D eigenvalue weighted by Crippen LogP contribution is -2.49. The van der Waals surface area contributed by atoms with E-state index in [0.717, 1.165) is 47.6 Å². The lowest BCUT2D eigenvalue weighted by molar-refractivity contribution is -0.137. The van der Waals surface area contributed by atoms with Gasteiger partial charge in [-0.2, -0.15) is 10.4 Å². The molecule has 4 aliphatic rings. The van der Waals surface area contributed by atoms with Gasteiger partial charge in [0.1, 0.15) is 23.8 Å². The molecule has 3 aromatic rings. The Balaban J connectivity index is 1.11. The third-order valence-corrected chi connectivity index (χ3v) is 11.2. The van der Waals surface area contributed by atoms with E-state index in [1.54, 1.807) is 17.4 Å². The Kier molecular flexibility index (Phi) is 12.2. The van der Waals surface area contributed by atoms with Gasteiger partial charge in [-0.25, -0.2) is 10.4 Å². The number of hydrazone groups is 1. The second kappa shape index (κ2) is 17.6. The van der Waals surface area contributed by atoms with Crippen molar-refractivity contribution in [3.05, 3.63) is 76.4 Å². The van der Waals surface area contributed by atoms with Crippen molar-refractivity contribution in [2.45, 2.75) is 76.8 Å². The van der Waals surface area contributed by atoms with Crippen molar-refractivity contribution in [1.82, 2.24) is 35.0 Å². The normalized spacial score (nSPS) is 19.0. The van der Waals surface area contributed by atoms with Crippen molar-refractivity contribution >= 4 is 41.5 Å². The van der Waals surface area contributed by atoms with Gasteiger partial charge in [0.05, 0.1) is 38.5 Å². The van der Waals surface area contributed by atoms with Gasteiger partial charge in [-0.1, -0.05) is 13.3 Å². The number of hydrogen-bond donors (Lipinski definition) is 2. The van der Waals surface area contributed by atoms with Gasteiger partial charge < -0.3 is 14.6 Å². The van der Waals surface area contributed by atoms with Crippen LogP contribution in [0.25, 0.3) is 0 Å². The number of imide groups is 1. The number of carbonyl (C=O) groups excluding carboxylic acids is 4. The molecule has 2 fully saturated rings. The standard InChI is InChI=1S/C41H49N11O5/c1-28-8-6-14-50(22-28)23-29-16-30(21-44-48-37(53)9-4-3-5-15-51-38(54)10-11-39(51)55)33-24-52(40(56)32(33)17-29)35-19-31(18-34(46-35)43-13-7-12-42)41(25-57-26-41)20-36-47-45-27-49(36)2/h10-11,16-19,21,27-28H,3-9,13-15,20,22-26H2,1-2H3,(H,43,46)(H,48,53)/b44-21+/t28-/m0/s1. The summed E-state index contributed by atoms with van der Waals surface area (Å²) in [6.45, 7) is 6.84. The van der Waals surface area contributed by atoms with Gasteiger partial charge >= 0.3 is 0 Å². The Morgan fingerprint density at radius 3 is 2.67 bits per heavy atom. The zero-order valence-electron chi connectivity index (χ0n) is 32.6. The summed E-state index contributed by atoms with van der Waals surface area (Å²) in [5.74, 6) is 1.42. The number of nitrogens with one attached hydrogen (secondary N) is 2. The minimum absolute atomic E-state index is 0.175. The number of ether oxygens (including phenoxy) is 1. The molecule has 298 valence electrons. The third kappa shape index (κ3) is 9.11. The molecule has 0 saturated carbocycles. The van der Waals surface area contributed by atoms with Crippen LogP contribution < -0.4 is 15.6 Å². The average Bonchev–Trinajstić information content (AvgIpc) is 3.84. The van der Waals surface area contributed by atoms with Crippen LogP contribution in [-0.2, 0) is 51.1 Å². The number of pyridine rings is 1. The van der Waals surface area contributed by atoms with Crippen LogP contribution in [0.3, 0.4) is 0 Å². The Labute approximate surface area is 331 Å². The maximum atomic E-state index is 14.4. The van der Waals surface area contributed by atoms with E-state index in [1.165, 1.54) is 23.5 Å². The Hall–Kier alpha value is -5.79. The first-order valence-electron chi connectivity index (χ1n) is 19.7. The fourth-order valence-electron chi connectivity index (χ4n) is 7.98. The van der Waals surface area contributed by atoms with Gasteiger partial charge in [0.2, 0.25) is 5.91 Å². The van der Waals surface area contributed by atoms with Gasteiger partial charge in [-0.05, 0) is 79.1 Å². The van der Waals surface area contributed by atoms with E-state index in [2.05, 4.69) is 50.0 Å². The Morgan fingerprint density at radius 2 is 1.95 bits per heavy atom. The van der Waals surface area contributed by atoms with Crippen LogP contribution in [0, 0.1) is 17.2 Å². The molecule has 1 atom stereocenters. The zero-order valence-corrected chi connectivity index (χ0v) is 32.6. The minimum Gasteiger partial charge on any atom is -0.379 e. The zero-order chi connectivity index (χ0) is 39.9. The molecule has 0 unspecified atom stereocenters. The monoisotopic (exact) mass is 775 g/mol. The number of amides is 4. The number of rotatable bonds is 17. The van der Waals surface area contributed by atoms with E-state index < -0.39 is 5.41 Å². The smallest absolute Gasteiger partial charge is 0.260 e. The highest BCUT2D eigenvalue weighted by molar-refractivity contribution is 6.13. The van der Waals surface area contributed by atoms with Crippen molar-refractivity contribution in [2.75, 3.05) is 49.6 Å². The molecular formula is C41H49N11O5. The van der Waals surface area contributed by atoms with E-state index in [0.29, 0.717) is 88.1 Å². The number of benzene rings is 1. The first-order chi connectivity index (χ1) is 27.6. The van der Waals surface area contributed by atoms with Gasteiger partial charge in [0.25, 0.3) is 17.7 Å². The summed E-state index contributed by atoms with van der Waals surface area (Å²) >= 11 is 0. The number of aryl methyl sites for hydroxylation is 1. The van der Waals surface area contributed by atoms with Crippen molar-refractivity contribution in [1.29, 1.82) is 5.26 Å². The van der Waals surface area contributed by atoms with Crippen molar-refractivity contribution in [2.24, 2.45) is 18.1 Å². The van der Waals surface area contributed by atoms with Crippen LogP contribution in [0.4, 0.5) is 11.6 Å². The minimum atomic E-state index is -0.405. The Bertz CT molecular complexity index is 2100. The SMILES string of the molecule is C[C@H]1CCCN(Cc2cc(/C=N/NC(=O)CCCCCN3C(=O)C=CC3=O)c3c(c2)C(=O)N(c2cc(C4(Cc5nncn5C)COC4)cc(NCCC#N)n2)C3)C1. The molecule has 4 amide bonds.